The molecule has 2 rings (SSSR count). The van der Waals surface area contributed by atoms with Gasteiger partial charge in [-0.15, -0.1) is 11.6 Å². The highest BCUT2D eigenvalue weighted by Gasteiger charge is 2.24. The lowest BCUT2D eigenvalue weighted by Crippen LogP contribution is -2.25. The monoisotopic (exact) mass is 254 g/mol. The predicted octanol–water partition coefficient (Wildman–Crippen LogP) is 2.59. The number of methoxy groups -OCH3 is 1. The smallest absolute Gasteiger partial charge is 0.217 e. The van der Waals surface area contributed by atoms with Crippen molar-refractivity contribution in [1.82, 2.24) is 10.3 Å². The lowest BCUT2D eigenvalue weighted by molar-refractivity contribution is 0.389. The van der Waals surface area contributed by atoms with Crippen molar-refractivity contribution in [3.8, 4) is 5.88 Å². The Bertz CT molecular complexity index is 359. The largest absolute Gasteiger partial charge is 0.481 e. The summed E-state index contributed by atoms with van der Waals surface area (Å²) in [6, 6.07) is 3.96. The third kappa shape index (κ3) is 3.33. The number of rotatable bonds is 5. The molecule has 4 heteroatoms. The maximum atomic E-state index is 6.24. The molecule has 1 saturated carbocycles. The third-order valence-corrected chi connectivity index (χ3v) is 3.91. The van der Waals surface area contributed by atoms with Crippen LogP contribution in [0.5, 0.6) is 5.88 Å². The van der Waals surface area contributed by atoms with Gasteiger partial charge in [-0.3, -0.25) is 0 Å². The van der Waals surface area contributed by atoms with E-state index in [-0.39, 0.29) is 0 Å². The Balaban J connectivity index is 1.81. The molecule has 1 aromatic rings. The summed E-state index contributed by atoms with van der Waals surface area (Å²) in [4.78, 5) is 4.17. The van der Waals surface area contributed by atoms with Crippen LogP contribution in [0.15, 0.2) is 18.3 Å². The van der Waals surface area contributed by atoms with Gasteiger partial charge >= 0.3 is 0 Å². The van der Waals surface area contributed by atoms with Gasteiger partial charge in [0.05, 0.1) is 7.11 Å². The summed E-state index contributed by atoms with van der Waals surface area (Å²) in [5.41, 5.74) is 1.10. The van der Waals surface area contributed by atoms with Gasteiger partial charge in [0.25, 0.3) is 0 Å². The van der Waals surface area contributed by atoms with E-state index in [1.54, 1.807) is 13.3 Å². The molecular formula is C13H19ClN2O. The number of pyridine rings is 1. The van der Waals surface area contributed by atoms with Crippen LogP contribution in [0.1, 0.15) is 24.8 Å². The molecule has 1 N–H and O–H groups in total. The highest BCUT2D eigenvalue weighted by Crippen LogP contribution is 2.29. The van der Waals surface area contributed by atoms with Crippen LogP contribution in [-0.4, -0.2) is 24.0 Å². The minimum atomic E-state index is 0.346. The maximum absolute atomic E-state index is 6.24. The number of aromatic nitrogens is 1. The minimum Gasteiger partial charge on any atom is -0.481 e. The van der Waals surface area contributed by atoms with E-state index in [0.717, 1.165) is 25.1 Å². The van der Waals surface area contributed by atoms with E-state index >= 15 is 0 Å². The van der Waals surface area contributed by atoms with Crippen molar-refractivity contribution >= 4 is 11.6 Å². The highest BCUT2D eigenvalue weighted by molar-refractivity contribution is 6.20. The normalized spacial score (nSPS) is 23.9. The SMILES string of the molecule is COc1ncccc1CNCC1CCCC1Cl. The summed E-state index contributed by atoms with van der Waals surface area (Å²) >= 11 is 6.24. The topological polar surface area (TPSA) is 34.1 Å². The molecule has 0 spiro atoms. The first kappa shape index (κ1) is 12.7. The fraction of sp³-hybridized carbons (Fsp3) is 0.615. The average Bonchev–Trinajstić information content (AvgIpc) is 2.76. The average molecular weight is 255 g/mol. The van der Waals surface area contributed by atoms with Crippen molar-refractivity contribution in [1.29, 1.82) is 0 Å². The van der Waals surface area contributed by atoms with Gasteiger partial charge in [-0.05, 0) is 31.4 Å². The van der Waals surface area contributed by atoms with Gasteiger partial charge in [0, 0.05) is 23.7 Å². The molecule has 1 aliphatic rings. The van der Waals surface area contributed by atoms with E-state index < -0.39 is 0 Å². The Kier molecular flexibility index (Phi) is 4.63. The third-order valence-electron chi connectivity index (χ3n) is 3.33. The summed E-state index contributed by atoms with van der Waals surface area (Å²) in [6.07, 6.45) is 5.40. The van der Waals surface area contributed by atoms with Crippen LogP contribution in [0.2, 0.25) is 0 Å². The van der Waals surface area contributed by atoms with Gasteiger partial charge in [0.15, 0.2) is 0 Å². The summed E-state index contributed by atoms with van der Waals surface area (Å²) in [5.74, 6) is 1.31. The van der Waals surface area contributed by atoms with E-state index in [1.165, 1.54) is 12.8 Å². The van der Waals surface area contributed by atoms with Crippen molar-refractivity contribution < 1.29 is 4.74 Å². The minimum absolute atomic E-state index is 0.346. The van der Waals surface area contributed by atoms with Crippen LogP contribution in [-0.2, 0) is 6.54 Å². The van der Waals surface area contributed by atoms with Gasteiger partial charge in [0.2, 0.25) is 5.88 Å². The number of hydrogen-bond donors (Lipinski definition) is 1. The molecule has 0 aromatic carbocycles. The van der Waals surface area contributed by atoms with Crippen molar-refractivity contribution in [3.63, 3.8) is 0 Å². The van der Waals surface area contributed by atoms with Crippen LogP contribution in [0.4, 0.5) is 0 Å². The van der Waals surface area contributed by atoms with Crippen LogP contribution in [0, 0.1) is 5.92 Å². The molecule has 17 heavy (non-hydrogen) atoms. The lowest BCUT2D eigenvalue weighted by atomic mass is 10.1. The molecule has 2 unspecified atom stereocenters. The Morgan fingerprint density at radius 1 is 1.53 bits per heavy atom. The van der Waals surface area contributed by atoms with Crippen molar-refractivity contribution in [2.45, 2.75) is 31.2 Å². The first-order chi connectivity index (χ1) is 8.31. The van der Waals surface area contributed by atoms with Crippen LogP contribution >= 0.6 is 11.6 Å². The van der Waals surface area contributed by atoms with E-state index in [9.17, 15) is 0 Å². The first-order valence-electron chi connectivity index (χ1n) is 6.14. The number of hydrogen-bond acceptors (Lipinski definition) is 3. The maximum Gasteiger partial charge on any atom is 0.217 e. The summed E-state index contributed by atoms with van der Waals surface area (Å²) < 4.78 is 5.21. The van der Waals surface area contributed by atoms with E-state index in [0.29, 0.717) is 17.2 Å². The molecule has 0 aliphatic heterocycles. The Morgan fingerprint density at radius 2 is 2.41 bits per heavy atom. The van der Waals surface area contributed by atoms with Gasteiger partial charge in [-0.25, -0.2) is 4.98 Å². The molecule has 0 amide bonds. The van der Waals surface area contributed by atoms with E-state index in [4.69, 9.17) is 16.3 Å². The molecule has 0 radical (unpaired) electrons. The summed E-state index contributed by atoms with van der Waals surface area (Å²) in [5, 5.41) is 3.79. The quantitative estimate of drug-likeness (QED) is 0.821. The Hall–Kier alpha value is -0.800. The number of nitrogens with one attached hydrogen (secondary N) is 1. The summed E-state index contributed by atoms with van der Waals surface area (Å²) in [7, 11) is 1.65. The molecule has 0 bridgehead atoms. The van der Waals surface area contributed by atoms with E-state index in [1.807, 2.05) is 12.1 Å². The zero-order valence-corrected chi connectivity index (χ0v) is 10.9. The fourth-order valence-electron chi connectivity index (χ4n) is 2.36. The van der Waals surface area contributed by atoms with Crippen LogP contribution in [0.3, 0.4) is 0 Å². The number of halogens is 1. The number of nitrogens with zero attached hydrogens (tertiary/aromatic N) is 1. The second-order valence-corrected chi connectivity index (χ2v) is 5.07. The van der Waals surface area contributed by atoms with Gasteiger partial charge in [0.1, 0.15) is 0 Å². The zero-order valence-electron chi connectivity index (χ0n) is 10.2. The molecule has 1 aliphatic carbocycles. The number of alkyl halides is 1. The molecule has 0 saturated heterocycles. The lowest BCUT2D eigenvalue weighted by Gasteiger charge is -2.15. The highest BCUT2D eigenvalue weighted by atomic mass is 35.5. The number of ether oxygens (including phenoxy) is 1. The van der Waals surface area contributed by atoms with Crippen molar-refractivity contribution in [3.05, 3.63) is 23.9 Å². The standard InChI is InChI=1S/C13H19ClN2O/c1-17-13-11(5-3-7-16-13)9-15-8-10-4-2-6-12(10)14/h3,5,7,10,12,15H,2,4,6,8-9H2,1H3. The zero-order chi connectivity index (χ0) is 12.1. The molecule has 1 fully saturated rings. The fourth-order valence-corrected chi connectivity index (χ4v) is 2.73. The second kappa shape index (κ2) is 6.22. The van der Waals surface area contributed by atoms with Gasteiger partial charge in [-0.1, -0.05) is 12.5 Å². The second-order valence-electron chi connectivity index (χ2n) is 4.51. The molecule has 1 heterocycles. The Morgan fingerprint density at radius 3 is 3.12 bits per heavy atom. The molecular weight excluding hydrogens is 236 g/mol. The van der Waals surface area contributed by atoms with Crippen LogP contribution in [0.25, 0.3) is 0 Å². The predicted molar refractivity (Wildman–Crippen MR) is 69.5 cm³/mol. The van der Waals surface area contributed by atoms with Crippen molar-refractivity contribution in [2.24, 2.45) is 5.92 Å². The molecule has 2 atom stereocenters. The van der Waals surface area contributed by atoms with Gasteiger partial charge in [-0.2, -0.15) is 0 Å². The van der Waals surface area contributed by atoms with E-state index in [2.05, 4.69) is 10.3 Å². The summed E-state index contributed by atoms with van der Waals surface area (Å²) in [6.45, 7) is 1.77. The van der Waals surface area contributed by atoms with Crippen LogP contribution < -0.4 is 10.1 Å². The van der Waals surface area contributed by atoms with Crippen molar-refractivity contribution in [2.75, 3.05) is 13.7 Å². The van der Waals surface area contributed by atoms with Gasteiger partial charge < -0.3 is 10.1 Å². The molecule has 3 nitrogen and oxygen atoms in total. The Labute approximate surface area is 108 Å². The molecule has 94 valence electrons. The molecule has 1 aromatic heterocycles. The first-order valence-corrected chi connectivity index (χ1v) is 6.57.